The summed E-state index contributed by atoms with van der Waals surface area (Å²) >= 11 is 1.39. The first-order chi connectivity index (χ1) is 13.5. The second-order valence-electron chi connectivity index (χ2n) is 6.88. The lowest BCUT2D eigenvalue weighted by molar-refractivity contribution is 0.0546. The molecule has 0 saturated carbocycles. The van der Waals surface area contributed by atoms with Crippen molar-refractivity contribution in [2.45, 2.75) is 33.4 Å². The molecular weight excluding hydrogens is 370 g/mol. The maximum Gasteiger partial charge on any atom is 0.266 e. The lowest BCUT2D eigenvalue weighted by Gasteiger charge is -2.29. The van der Waals surface area contributed by atoms with Crippen molar-refractivity contribution >= 4 is 17.2 Å². The Hall–Kier alpha value is -2.57. The molecule has 1 atom stereocenters. The van der Waals surface area contributed by atoms with Gasteiger partial charge in [0.1, 0.15) is 9.88 Å². The van der Waals surface area contributed by atoms with E-state index in [4.69, 9.17) is 4.74 Å². The molecule has 1 amide bonds. The first kappa shape index (κ1) is 20.2. The lowest BCUT2D eigenvalue weighted by atomic mass is 10.1. The summed E-state index contributed by atoms with van der Waals surface area (Å²) in [5, 5.41) is 0.761. The van der Waals surface area contributed by atoms with Gasteiger partial charge in [-0.3, -0.25) is 9.78 Å². The number of benzene rings is 1. The van der Waals surface area contributed by atoms with Crippen LogP contribution in [-0.4, -0.2) is 40.5 Å². The quantitative estimate of drug-likeness (QED) is 0.591. The molecule has 3 aromatic rings. The molecule has 0 unspecified atom stereocenters. The average Bonchev–Trinajstić information content (AvgIpc) is 3.08. The van der Waals surface area contributed by atoms with Gasteiger partial charge in [0, 0.05) is 19.9 Å². The first-order valence-electron chi connectivity index (χ1n) is 9.24. The van der Waals surface area contributed by atoms with Gasteiger partial charge >= 0.3 is 0 Å². The van der Waals surface area contributed by atoms with Crippen LogP contribution in [0.2, 0.25) is 0 Å². The van der Waals surface area contributed by atoms with Crippen LogP contribution in [0.15, 0.2) is 48.7 Å². The number of hydrogen-bond donors (Lipinski definition) is 0. The molecule has 146 valence electrons. The molecule has 2 heterocycles. The minimum atomic E-state index is -0.0576. The van der Waals surface area contributed by atoms with E-state index < -0.39 is 0 Å². The third-order valence-electron chi connectivity index (χ3n) is 4.51. The number of ether oxygens (including phenoxy) is 1. The van der Waals surface area contributed by atoms with Gasteiger partial charge in [-0.05, 0) is 38.5 Å². The van der Waals surface area contributed by atoms with Crippen molar-refractivity contribution in [3.63, 3.8) is 0 Å². The monoisotopic (exact) mass is 395 g/mol. The smallest absolute Gasteiger partial charge is 0.266 e. The Balaban J connectivity index is 1.91. The molecule has 28 heavy (non-hydrogen) atoms. The van der Waals surface area contributed by atoms with Crippen molar-refractivity contribution < 1.29 is 9.53 Å². The molecule has 0 N–H and O–H groups in total. The molecule has 0 saturated heterocycles. The SMILES string of the molecule is COC[C@@H](C)N(Cc1cccc(C)c1)C(=O)c1sc(-c2ccccn2)nc1C. The predicted molar refractivity (Wildman–Crippen MR) is 112 cm³/mol. The summed E-state index contributed by atoms with van der Waals surface area (Å²) in [6.07, 6.45) is 1.73. The maximum absolute atomic E-state index is 13.4. The molecule has 0 bridgehead atoms. The van der Waals surface area contributed by atoms with E-state index in [1.165, 1.54) is 16.9 Å². The van der Waals surface area contributed by atoms with Gasteiger partial charge in [0.15, 0.2) is 0 Å². The number of pyridine rings is 1. The third-order valence-corrected chi connectivity index (χ3v) is 5.68. The van der Waals surface area contributed by atoms with Crippen LogP contribution in [-0.2, 0) is 11.3 Å². The molecule has 6 heteroatoms. The third kappa shape index (κ3) is 4.64. The molecule has 5 nitrogen and oxygen atoms in total. The van der Waals surface area contributed by atoms with E-state index in [1.54, 1.807) is 13.3 Å². The Morgan fingerprint density at radius 3 is 2.71 bits per heavy atom. The minimum absolute atomic E-state index is 0.0248. The van der Waals surface area contributed by atoms with Gasteiger partial charge in [0.25, 0.3) is 5.91 Å². The van der Waals surface area contributed by atoms with Crippen molar-refractivity contribution in [2.24, 2.45) is 0 Å². The highest BCUT2D eigenvalue weighted by molar-refractivity contribution is 7.17. The first-order valence-corrected chi connectivity index (χ1v) is 10.1. The lowest BCUT2D eigenvalue weighted by Crippen LogP contribution is -2.40. The number of carbonyl (C=O) groups excluding carboxylic acids is 1. The van der Waals surface area contributed by atoms with E-state index in [-0.39, 0.29) is 11.9 Å². The highest BCUT2D eigenvalue weighted by Crippen LogP contribution is 2.28. The fraction of sp³-hybridized carbons (Fsp3) is 0.318. The summed E-state index contributed by atoms with van der Waals surface area (Å²) in [5.41, 5.74) is 3.79. The molecule has 0 aliphatic heterocycles. The number of amides is 1. The Kier molecular flexibility index (Phi) is 6.54. The molecule has 0 aliphatic rings. The number of carbonyl (C=O) groups is 1. The molecular formula is C22H25N3O2S. The predicted octanol–water partition coefficient (Wildman–Crippen LogP) is 4.50. The van der Waals surface area contributed by atoms with Gasteiger partial charge in [-0.2, -0.15) is 0 Å². The van der Waals surface area contributed by atoms with Crippen molar-refractivity contribution in [2.75, 3.05) is 13.7 Å². The molecule has 0 radical (unpaired) electrons. The summed E-state index contributed by atoms with van der Waals surface area (Å²) in [7, 11) is 1.66. The normalized spacial score (nSPS) is 12.0. The number of nitrogens with zero attached hydrogens (tertiary/aromatic N) is 3. The fourth-order valence-electron chi connectivity index (χ4n) is 3.09. The van der Waals surface area contributed by atoms with Crippen LogP contribution >= 0.6 is 11.3 Å². The van der Waals surface area contributed by atoms with Crippen LogP contribution in [0.1, 0.15) is 33.4 Å². The van der Waals surface area contributed by atoms with Gasteiger partial charge in [0.05, 0.1) is 24.0 Å². The Morgan fingerprint density at radius 2 is 2.04 bits per heavy atom. The Morgan fingerprint density at radius 1 is 1.21 bits per heavy atom. The van der Waals surface area contributed by atoms with Crippen molar-refractivity contribution in [3.8, 4) is 10.7 Å². The number of thiazole rings is 1. The second-order valence-corrected chi connectivity index (χ2v) is 7.87. The molecule has 3 rings (SSSR count). The highest BCUT2D eigenvalue weighted by Gasteiger charge is 2.26. The van der Waals surface area contributed by atoms with Gasteiger partial charge in [0.2, 0.25) is 0 Å². The Labute approximate surface area is 170 Å². The molecule has 2 aromatic heterocycles. The van der Waals surface area contributed by atoms with Gasteiger partial charge in [-0.25, -0.2) is 4.98 Å². The summed E-state index contributed by atoms with van der Waals surface area (Å²) in [6, 6.07) is 13.9. The van der Waals surface area contributed by atoms with Crippen molar-refractivity contribution in [1.29, 1.82) is 0 Å². The highest BCUT2D eigenvalue weighted by atomic mass is 32.1. The van der Waals surface area contributed by atoms with Crippen LogP contribution in [0, 0.1) is 13.8 Å². The number of methoxy groups -OCH3 is 1. The number of hydrogen-bond acceptors (Lipinski definition) is 5. The topological polar surface area (TPSA) is 55.3 Å². The van der Waals surface area contributed by atoms with E-state index >= 15 is 0 Å². The van der Waals surface area contributed by atoms with Crippen molar-refractivity contribution in [3.05, 3.63) is 70.4 Å². The van der Waals surface area contributed by atoms with E-state index in [1.807, 2.05) is 49.1 Å². The van der Waals surface area contributed by atoms with Crippen molar-refractivity contribution in [1.82, 2.24) is 14.9 Å². The van der Waals surface area contributed by atoms with E-state index in [0.717, 1.165) is 22.0 Å². The largest absolute Gasteiger partial charge is 0.383 e. The fourth-order valence-corrected chi connectivity index (χ4v) is 4.09. The summed E-state index contributed by atoms with van der Waals surface area (Å²) in [5.74, 6) is -0.0248. The zero-order valence-corrected chi connectivity index (χ0v) is 17.5. The average molecular weight is 396 g/mol. The van der Waals surface area contributed by atoms with Crippen LogP contribution in [0.3, 0.4) is 0 Å². The Bertz CT molecular complexity index is 940. The number of rotatable bonds is 7. The summed E-state index contributed by atoms with van der Waals surface area (Å²) < 4.78 is 5.32. The zero-order chi connectivity index (χ0) is 20.1. The molecule has 0 fully saturated rings. The zero-order valence-electron chi connectivity index (χ0n) is 16.7. The van der Waals surface area contributed by atoms with Crippen LogP contribution in [0.25, 0.3) is 10.7 Å². The summed E-state index contributed by atoms with van der Waals surface area (Å²) in [6.45, 7) is 6.94. The maximum atomic E-state index is 13.4. The molecule has 1 aromatic carbocycles. The van der Waals surface area contributed by atoms with E-state index in [0.29, 0.717) is 18.0 Å². The van der Waals surface area contributed by atoms with Crippen LogP contribution in [0.5, 0.6) is 0 Å². The standard InChI is InChI=1S/C22H25N3O2S/c1-15-8-7-9-18(12-15)13-25(16(2)14-27-4)22(26)20-17(3)24-21(28-20)19-10-5-6-11-23-19/h5-12,16H,13-14H2,1-4H3/t16-/m1/s1. The van der Waals surface area contributed by atoms with Gasteiger partial charge in [-0.15, -0.1) is 11.3 Å². The van der Waals surface area contributed by atoms with Crippen LogP contribution in [0.4, 0.5) is 0 Å². The minimum Gasteiger partial charge on any atom is -0.383 e. The van der Waals surface area contributed by atoms with Crippen LogP contribution < -0.4 is 0 Å². The summed E-state index contributed by atoms with van der Waals surface area (Å²) in [4.78, 5) is 24.9. The second kappa shape index (κ2) is 9.08. The van der Waals surface area contributed by atoms with Gasteiger partial charge in [-0.1, -0.05) is 35.9 Å². The molecule has 0 spiro atoms. The number of aromatic nitrogens is 2. The van der Waals surface area contributed by atoms with Gasteiger partial charge < -0.3 is 9.64 Å². The molecule has 0 aliphatic carbocycles. The van der Waals surface area contributed by atoms with E-state index in [9.17, 15) is 4.79 Å². The van der Waals surface area contributed by atoms with E-state index in [2.05, 4.69) is 29.0 Å². The number of aryl methyl sites for hydroxylation is 2.